The summed E-state index contributed by atoms with van der Waals surface area (Å²) in [6.07, 6.45) is -3.16. The Morgan fingerprint density at radius 1 is 1.13 bits per heavy atom. The minimum Gasteiger partial charge on any atom is -0.490 e. The fourth-order valence-electron chi connectivity index (χ4n) is 4.50. The topological polar surface area (TPSA) is 189 Å². The highest BCUT2D eigenvalue weighted by Crippen LogP contribution is 2.37. The van der Waals surface area contributed by atoms with E-state index in [1.165, 1.54) is 29.2 Å². The minimum atomic E-state index is -5.35. The zero-order chi connectivity index (χ0) is 33.8. The fourth-order valence-corrected chi connectivity index (χ4v) is 5.47. The molecular weight excluding hydrogens is 669 g/mol. The molecule has 0 atom stereocenters. The van der Waals surface area contributed by atoms with Crippen LogP contribution in [-0.4, -0.2) is 58.6 Å². The lowest BCUT2D eigenvalue weighted by Crippen LogP contribution is -2.34. The number of imidazole rings is 1. The van der Waals surface area contributed by atoms with Crippen molar-refractivity contribution in [1.29, 1.82) is 0 Å². The first-order chi connectivity index (χ1) is 22.4. The van der Waals surface area contributed by atoms with Crippen LogP contribution in [0.25, 0.3) is 33.8 Å². The number of nitrogens with one attached hydrogen (secondary N) is 2. The lowest BCUT2D eigenvalue weighted by atomic mass is 10.1. The van der Waals surface area contributed by atoms with Gasteiger partial charge >= 0.3 is 12.1 Å². The van der Waals surface area contributed by atoms with Crippen molar-refractivity contribution in [1.82, 2.24) is 35.1 Å². The van der Waals surface area contributed by atoms with Crippen LogP contribution in [0.4, 0.5) is 19.0 Å². The molecule has 0 radical (unpaired) electrons. The first-order valence-electron chi connectivity index (χ1n) is 13.8. The SMILES string of the molecule is CCn1c(-c2nonc2N)nc2c(-c3cccc(Cl)c3)ncc(OCCCNCc3ccc(S(=O)(=O)NOC(=O)C(F)(F)F)cc3)c21. The Morgan fingerprint density at radius 2 is 1.89 bits per heavy atom. The predicted molar refractivity (Wildman–Crippen MR) is 162 cm³/mol. The first-order valence-corrected chi connectivity index (χ1v) is 15.7. The molecule has 5 aromatic rings. The number of ether oxygens (including phenoxy) is 1. The Kier molecular flexibility index (Phi) is 9.94. The molecular formula is C28H26ClF3N8O6S. The molecule has 0 fully saturated rings. The Balaban J connectivity index is 1.23. The second-order valence-electron chi connectivity index (χ2n) is 9.85. The van der Waals surface area contributed by atoms with Gasteiger partial charge in [0.05, 0.1) is 23.4 Å². The van der Waals surface area contributed by atoms with E-state index in [0.717, 1.165) is 5.56 Å². The van der Waals surface area contributed by atoms with Gasteiger partial charge in [0, 0.05) is 23.7 Å². The molecule has 0 saturated heterocycles. The number of benzene rings is 2. The van der Waals surface area contributed by atoms with Crippen LogP contribution in [0.1, 0.15) is 18.9 Å². The van der Waals surface area contributed by atoms with Gasteiger partial charge in [-0.15, -0.1) is 0 Å². The highest BCUT2D eigenvalue weighted by atomic mass is 35.5. The van der Waals surface area contributed by atoms with E-state index < -0.39 is 22.2 Å². The molecule has 0 aliphatic heterocycles. The average molecular weight is 695 g/mol. The monoisotopic (exact) mass is 694 g/mol. The number of aromatic nitrogens is 5. The second-order valence-corrected chi connectivity index (χ2v) is 11.9. The van der Waals surface area contributed by atoms with E-state index in [1.54, 1.807) is 18.3 Å². The smallest absolute Gasteiger partial charge is 0.490 e. The summed E-state index contributed by atoms with van der Waals surface area (Å²) in [7, 11) is -4.51. The number of halogens is 4. The number of carbonyl (C=O) groups is 1. The molecule has 0 unspecified atom stereocenters. The van der Waals surface area contributed by atoms with E-state index in [2.05, 4.69) is 25.5 Å². The quantitative estimate of drug-likeness (QED) is 0.117. The highest BCUT2D eigenvalue weighted by molar-refractivity contribution is 7.89. The van der Waals surface area contributed by atoms with Gasteiger partial charge in [-0.05, 0) is 64.9 Å². The summed E-state index contributed by atoms with van der Waals surface area (Å²) < 4.78 is 73.8. The number of nitrogens with zero attached hydrogens (tertiary/aromatic N) is 5. The van der Waals surface area contributed by atoms with Crippen molar-refractivity contribution in [2.75, 3.05) is 18.9 Å². The van der Waals surface area contributed by atoms with Crippen LogP contribution in [0.2, 0.25) is 5.02 Å². The molecule has 0 spiro atoms. The number of hydrogen-bond acceptors (Lipinski definition) is 12. The van der Waals surface area contributed by atoms with Crippen molar-refractivity contribution < 1.29 is 40.6 Å². The summed E-state index contributed by atoms with van der Waals surface area (Å²) in [5.74, 6) is -1.69. The first kappa shape index (κ1) is 33.6. The van der Waals surface area contributed by atoms with Crippen LogP contribution in [0.3, 0.4) is 0 Å². The molecule has 14 nitrogen and oxygen atoms in total. The average Bonchev–Trinajstić information content (AvgIpc) is 3.64. The maximum Gasteiger partial charge on any atom is 0.492 e. The Morgan fingerprint density at radius 3 is 2.55 bits per heavy atom. The van der Waals surface area contributed by atoms with Crippen LogP contribution in [-0.2, 0) is 32.7 Å². The number of nitrogen functional groups attached to an aromatic ring is 1. The summed E-state index contributed by atoms with van der Waals surface area (Å²) in [5.41, 5.74) is 9.50. The lowest BCUT2D eigenvalue weighted by molar-refractivity contribution is -0.203. The zero-order valence-electron chi connectivity index (χ0n) is 24.4. The van der Waals surface area contributed by atoms with Crippen LogP contribution >= 0.6 is 11.6 Å². The van der Waals surface area contributed by atoms with Crippen LogP contribution < -0.4 is 20.7 Å². The summed E-state index contributed by atoms with van der Waals surface area (Å²) in [6, 6.07) is 12.5. The molecule has 0 saturated carbocycles. The van der Waals surface area contributed by atoms with Gasteiger partial charge in [0.1, 0.15) is 11.0 Å². The van der Waals surface area contributed by atoms with Crippen molar-refractivity contribution in [3.63, 3.8) is 0 Å². The largest absolute Gasteiger partial charge is 0.492 e. The number of nitrogens with two attached hydrogens (primary N) is 1. The number of alkyl halides is 3. The maximum atomic E-state index is 12.3. The van der Waals surface area contributed by atoms with Crippen molar-refractivity contribution in [2.45, 2.75) is 37.5 Å². The van der Waals surface area contributed by atoms with E-state index >= 15 is 0 Å². The van der Waals surface area contributed by atoms with Gasteiger partial charge < -0.3 is 25.2 Å². The molecule has 3 heterocycles. The molecule has 4 N–H and O–H groups in total. The van der Waals surface area contributed by atoms with E-state index in [-0.39, 0.29) is 16.4 Å². The molecule has 0 aliphatic rings. The van der Waals surface area contributed by atoms with Crippen molar-refractivity contribution in [2.24, 2.45) is 0 Å². The number of rotatable bonds is 13. The van der Waals surface area contributed by atoms with Crippen LogP contribution in [0, 0.1) is 0 Å². The number of hydrogen-bond donors (Lipinski definition) is 3. The van der Waals surface area contributed by atoms with E-state index in [4.69, 9.17) is 31.7 Å². The van der Waals surface area contributed by atoms with Crippen LogP contribution in [0.5, 0.6) is 5.75 Å². The highest BCUT2D eigenvalue weighted by Gasteiger charge is 2.42. The van der Waals surface area contributed by atoms with E-state index in [0.29, 0.717) is 71.5 Å². The number of fused-ring (bicyclic) bond motifs is 1. The molecule has 0 amide bonds. The molecule has 0 aliphatic carbocycles. The van der Waals surface area contributed by atoms with Crippen molar-refractivity contribution >= 4 is 44.4 Å². The Hall–Kier alpha value is -4.78. The number of anilines is 1. The third kappa shape index (κ3) is 7.62. The van der Waals surface area contributed by atoms with Crippen molar-refractivity contribution in [3.05, 3.63) is 65.3 Å². The standard InChI is InChI=1S/C28H26ClF3N8O6S/c1-2-40-24-20(15-35-21(17-5-3-6-18(29)13-17)22(24)36-26(40)23-25(33)38-46-37-23)44-12-4-11-34-14-16-7-9-19(10-8-16)47(42,43)39-45-27(41)28(30,31)32/h3,5-10,13,15,34,39H,2,4,11-12,14H2,1H3,(H2,33,38). The van der Waals surface area contributed by atoms with Gasteiger partial charge in [-0.2, -0.15) is 13.2 Å². The van der Waals surface area contributed by atoms with Gasteiger partial charge in [0.2, 0.25) is 0 Å². The van der Waals surface area contributed by atoms with E-state index in [9.17, 15) is 26.4 Å². The minimum absolute atomic E-state index is 0.0835. The summed E-state index contributed by atoms with van der Waals surface area (Å²) >= 11 is 6.25. The normalized spacial score (nSPS) is 12.0. The van der Waals surface area contributed by atoms with Crippen LogP contribution in [0.15, 0.2) is 64.3 Å². The number of sulfonamides is 1. The van der Waals surface area contributed by atoms with Gasteiger partial charge in [0.15, 0.2) is 23.1 Å². The fraction of sp³-hybridized carbons (Fsp3) is 0.250. The number of carbonyl (C=O) groups excluding carboxylic acids is 1. The summed E-state index contributed by atoms with van der Waals surface area (Å²) in [4.78, 5) is 24.6. The third-order valence-corrected chi connectivity index (χ3v) is 8.10. The van der Waals surface area contributed by atoms with Gasteiger partial charge in [-0.3, -0.25) is 0 Å². The van der Waals surface area contributed by atoms with Crippen molar-refractivity contribution in [3.8, 4) is 28.5 Å². The molecule has 5 rings (SSSR count). The number of pyridine rings is 1. The molecule has 248 valence electrons. The molecule has 3 aromatic heterocycles. The Bertz CT molecular complexity index is 2000. The lowest BCUT2D eigenvalue weighted by Gasteiger charge is -2.12. The molecule has 0 bridgehead atoms. The summed E-state index contributed by atoms with van der Waals surface area (Å²) in [5, 5.41) is 11.3. The van der Waals surface area contributed by atoms with Gasteiger partial charge in [-0.25, -0.2) is 27.8 Å². The maximum absolute atomic E-state index is 12.3. The predicted octanol–water partition coefficient (Wildman–Crippen LogP) is 4.26. The van der Waals surface area contributed by atoms with Gasteiger partial charge in [-0.1, -0.05) is 35.9 Å². The molecule has 47 heavy (non-hydrogen) atoms. The molecule has 2 aromatic carbocycles. The van der Waals surface area contributed by atoms with Gasteiger partial charge in [0.25, 0.3) is 10.0 Å². The van der Waals surface area contributed by atoms with E-state index in [1.807, 2.05) is 23.6 Å². The molecule has 19 heteroatoms. The second kappa shape index (κ2) is 13.9. The Labute approximate surface area is 270 Å². The zero-order valence-corrected chi connectivity index (χ0v) is 26.0. The third-order valence-electron chi connectivity index (χ3n) is 6.67. The number of aryl methyl sites for hydroxylation is 1. The summed E-state index contributed by atoms with van der Waals surface area (Å²) in [6.45, 7) is 3.60.